The number of benzene rings is 1. The molecule has 2 bridgehead atoms. The lowest BCUT2D eigenvalue weighted by molar-refractivity contribution is 0.0796. The Labute approximate surface area is 135 Å². The highest BCUT2D eigenvalue weighted by Gasteiger charge is 2.44. The largest absolute Gasteiger partial charge is 0.384 e. The van der Waals surface area contributed by atoms with E-state index in [0.29, 0.717) is 5.41 Å². The van der Waals surface area contributed by atoms with Gasteiger partial charge in [0.1, 0.15) is 0 Å². The molecule has 0 radical (unpaired) electrons. The molecule has 2 unspecified atom stereocenters. The molecule has 2 aliphatic carbocycles. The fourth-order valence-corrected chi connectivity index (χ4v) is 5.99. The van der Waals surface area contributed by atoms with Crippen molar-refractivity contribution in [3.63, 3.8) is 0 Å². The van der Waals surface area contributed by atoms with Crippen molar-refractivity contribution in [1.82, 2.24) is 4.90 Å². The summed E-state index contributed by atoms with van der Waals surface area (Å²) in [6, 6.07) is 9.92. The molecule has 2 aliphatic heterocycles. The summed E-state index contributed by atoms with van der Waals surface area (Å²) in [6.07, 6.45) is 10.3. The summed E-state index contributed by atoms with van der Waals surface area (Å²) < 4.78 is 0. The molecule has 0 amide bonds. The van der Waals surface area contributed by atoms with Gasteiger partial charge in [-0.05, 0) is 68.7 Å². The summed E-state index contributed by atoms with van der Waals surface area (Å²) >= 11 is 0. The molecule has 2 atom stereocenters. The Bertz CT molecular complexity index is 553. The highest BCUT2D eigenvalue weighted by molar-refractivity contribution is 5.60. The number of anilines is 1. The lowest BCUT2D eigenvalue weighted by Crippen LogP contribution is -2.49. The monoisotopic (exact) mass is 298 g/mol. The quantitative estimate of drug-likeness (QED) is 0.833. The number of nitrogens with one attached hydrogen (secondary N) is 1. The number of hydrogen-bond acceptors (Lipinski definition) is 2. The number of hydrogen-bond donors (Lipinski definition) is 1. The molecule has 2 heterocycles. The molecule has 1 spiro atoms. The minimum absolute atomic E-state index is 0. The van der Waals surface area contributed by atoms with Crippen LogP contribution < -0.4 is 5.32 Å². The van der Waals surface area contributed by atoms with Gasteiger partial charge in [0.15, 0.2) is 0 Å². The average Bonchev–Trinajstić information content (AvgIpc) is 3.09. The van der Waals surface area contributed by atoms with Crippen molar-refractivity contribution >= 4 is 5.69 Å². The van der Waals surface area contributed by atoms with E-state index < -0.39 is 0 Å². The maximum absolute atomic E-state index is 3.66. The summed E-state index contributed by atoms with van der Waals surface area (Å²) in [4.78, 5) is 2.86. The van der Waals surface area contributed by atoms with Gasteiger partial charge in [-0.1, -0.05) is 31.0 Å². The van der Waals surface area contributed by atoms with Crippen LogP contribution in [-0.2, 0) is 5.41 Å². The number of piperidine rings is 1. The summed E-state index contributed by atoms with van der Waals surface area (Å²) in [5.41, 5.74) is 3.42. The highest BCUT2D eigenvalue weighted by atomic mass is 15.2. The molecule has 3 fully saturated rings. The molecule has 2 nitrogen and oxygen atoms in total. The first-order valence-corrected chi connectivity index (χ1v) is 9.40. The predicted molar refractivity (Wildman–Crippen MR) is 93.4 cm³/mol. The maximum Gasteiger partial charge on any atom is 0.0379 e. The lowest BCUT2D eigenvalue weighted by Gasteiger charge is -2.45. The first kappa shape index (κ1) is 13.4. The van der Waals surface area contributed by atoms with E-state index >= 15 is 0 Å². The Morgan fingerprint density at radius 1 is 1.00 bits per heavy atom. The second kappa shape index (κ2) is 4.99. The first-order chi connectivity index (χ1) is 10.8. The summed E-state index contributed by atoms with van der Waals surface area (Å²) in [7, 11) is 0. The van der Waals surface area contributed by atoms with Gasteiger partial charge in [0.25, 0.3) is 0 Å². The van der Waals surface area contributed by atoms with E-state index in [1.54, 1.807) is 12.0 Å². The molecule has 5 rings (SSSR count). The number of rotatable bonds is 1. The molecule has 1 N–H and O–H groups in total. The van der Waals surface area contributed by atoms with Crippen molar-refractivity contribution in [3.8, 4) is 0 Å². The van der Waals surface area contributed by atoms with E-state index in [9.17, 15) is 0 Å². The van der Waals surface area contributed by atoms with Crippen LogP contribution in [0.25, 0.3) is 0 Å². The van der Waals surface area contributed by atoms with Crippen molar-refractivity contribution in [2.24, 2.45) is 11.8 Å². The zero-order chi connectivity index (χ0) is 14.6. The van der Waals surface area contributed by atoms with Crippen LogP contribution in [0.2, 0.25) is 0 Å². The fraction of sp³-hybridized carbons (Fsp3) is 0.700. The Kier molecular flexibility index (Phi) is 3.04. The molecular formula is C20H30N2. The molecule has 1 saturated heterocycles. The smallest absolute Gasteiger partial charge is 0.0379 e. The Morgan fingerprint density at radius 2 is 1.73 bits per heavy atom. The molecule has 2 heteroatoms. The fourth-order valence-electron chi connectivity index (χ4n) is 5.99. The normalized spacial score (nSPS) is 36.3. The van der Waals surface area contributed by atoms with E-state index in [1.165, 1.54) is 57.3 Å². The van der Waals surface area contributed by atoms with Crippen LogP contribution in [-0.4, -0.2) is 30.6 Å². The van der Waals surface area contributed by atoms with Crippen molar-refractivity contribution in [3.05, 3.63) is 29.8 Å². The van der Waals surface area contributed by atoms with Gasteiger partial charge in [-0.15, -0.1) is 0 Å². The number of nitrogens with zero attached hydrogens (tertiary/aromatic N) is 1. The van der Waals surface area contributed by atoms with Gasteiger partial charge in [-0.3, -0.25) is 0 Å². The van der Waals surface area contributed by atoms with E-state index in [4.69, 9.17) is 0 Å². The number of fused-ring (bicyclic) bond motifs is 4. The van der Waals surface area contributed by atoms with Crippen LogP contribution in [0.3, 0.4) is 0 Å². The predicted octanol–water partition coefficient (Wildman–Crippen LogP) is 4.27. The van der Waals surface area contributed by atoms with Gasteiger partial charge < -0.3 is 10.2 Å². The number of para-hydroxylation sites is 1. The topological polar surface area (TPSA) is 15.3 Å². The minimum Gasteiger partial charge on any atom is -0.384 e. The molecule has 1 aromatic rings. The third-order valence-corrected chi connectivity index (χ3v) is 7.25. The zero-order valence-corrected chi connectivity index (χ0v) is 13.6. The zero-order valence-electron chi connectivity index (χ0n) is 13.6. The van der Waals surface area contributed by atoms with Crippen molar-refractivity contribution < 1.29 is 1.43 Å². The third kappa shape index (κ3) is 2.03. The van der Waals surface area contributed by atoms with Crippen molar-refractivity contribution in [2.45, 2.75) is 56.4 Å². The van der Waals surface area contributed by atoms with E-state index in [0.717, 1.165) is 24.4 Å². The number of likely N-dealkylation sites (tertiary alicyclic amines) is 1. The first-order valence-electron chi connectivity index (χ1n) is 9.40. The highest BCUT2D eigenvalue weighted by Crippen LogP contribution is 2.47. The van der Waals surface area contributed by atoms with E-state index in [-0.39, 0.29) is 1.43 Å². The second-order valence-electron chi connectivity index (χ2n) is 8.39. The summed E-state index contributed by atoms with van der Waals surface area (Å²) in [5, 5.41) is 3.66. The van der Waals surface area contributed by atoms with Crippen LogP contribution in [0.1, 0.15) is 51.9 Å². The lowest BCUT2D eigenvalue weighted by atomic mass is 9.73. The second-order valence-corrected chi connectivity index (χ2v) is 8.39. The Balaban J connectivity index is 0.00000135. The minimum atomic E-state index is 0. The third-order valence-electron chi connectivity index (χ3n) is 7.25. The van der Waals surface area contributed by atoms with Crippen LogP contribution >= 0.6 is 0 Å². The van der Waals surface area contributed by atoms with Crippen LogP contribution in [0.4, 0.5) is 5.69 Å². The van der Waals surface area contributed by atoms with Crippen molar-refractivity contribution in [1.29, 1.82) is 0 Å². The van der Waals surface area contributed by atoms with Gasteiger partial charge in [0.2, 0.25) is 0 Å². The molecule has 120 valence electrons. The van der Waals surface area contributed by atoms with E-state index in [2.05, 4.69) is 34.5 Å². The Hall–Kier alpha value is -1.02. The van der Waals surface area contributed by atoms with E-state index in [1.807, 2.05) is 0 Å². The standard InChI is InChI=1S/C20H28N2.H2/c1-2-4-19-18(3-1)20(14-21-19)7-9-22(10-8-20)17-12-15-5-6-16(11-15)13-17;/h1-4,15-17,21H,5-14H2;1H. The summed E-state index contributed by atoms with van der Waals surface area (Å²) in [6.45, 7) is 3.80. The molecular weight excluding hydrogens is 268 g/mol. The maximum atomic E-state index is 3.66. The Morgan fingerprint density at radius 3 is 2.50 bits per heavy atom. The average molecular weight is 298 g/mol. The van der Waals surface area contributed by atoms with Gasteiger partial charge in [-0.2, -0.15) is 0 Å². The molecule has 22 heavy (non-hydrogen) atoms. The molecule has 1 aromatic carbocycles. The van der Waals surface area contributed by atoms with Crippen LogP contribution in [0.5, 0.6) is 0 Å². The van der Waals surface area contributed by atoms with Gasteiger partial charge in [0, 0.05) is 25.1 Å². The van der Waals surface area contributed by atoms with Gasteiger partial charge in [-0.25, -0.2) is 0 Å². The van der Waals surface area contributed by atoms with Crippen LogP contribution in [0.15, 0.2) is 24.3 Å². The summed E-state index contributed by atoms with van der Waals surface area (Å²) in [5.74, 6) is 2.13. The molecule has 0 aromatic heterocycles. The molecule has 4 aliphatic rings. The van der Waals surface area contributed by atoms with Gasteiger partial charge >= 0.3 is 0 Å². The SMILES string of the molecule is [HH].c1ccc2c(c1)NCC21CCN(C2CC3CCC(C3)C2)CC1. The molecule has 2 saturated carbocycles. The van der Waals surface area contributed by atoms with Crippen LogP contribution in [0, 0.1) is 11.8 Å². The van der Waals surface area contributed by atoms with Crippen molar-refractivity contribution in [2.75, 3.05) is 25.0 Å². The van der Waals surface area contributed by atoms with Gasteiger partial charge in [0.05, 0.1) is 0 Å².